The van der Waals surface area contributed by atoms with Crippen LogP contribution < -0.4 is 10.5 Å². The van der Waals surface area contributed by atoms with Gasteiger partial charge in [0.2, 0.25) is 0 Å². The zero-order chi connectivity index (χ0) is 19.5. The maximum atomic E-state index is 13.8. The SMILES string of the molecule is Cc1ccc(CN2CCCC(n3ncc(N4CCOCC4)cc3=O)C2)cc1F. The van der Waals surface area contributed by atoms with Crippen LogP contribution in [0.5, 0.6) is 0 Å². The van der Waals surface area contributed by atoms with Crippen molar-refractivity contribution in [2.45, 2.75) is 32.4 Å². The van der Waals surface area contributed by atoms with Crippen molar-refractivity contribution in [3.05, 3.63) is 57.8 Å². The van der Waals surface area contributed by atoms with Crippen molar-refractivity contribution in [3.63, 3.8) is 0 Å². The molecule has 1 aromatic heterocycles. The van der Waals surface area contributed by atoms with Gasteiger partial charge in [-0.3, -0.25) is 9.69 Å². The van der Waals surface area contributed by atoms with E-state index in [9.17, 15) is 9.18 Å². The van der Waals surface area contributed by atoms with Crippen LogP contribution in [0.4, 0.5) is 10.1 Å². The average Bonchev–Trinajstić information content (AvgIpc) is 2.71. The van der Waals surface area contributed by atoms with Crippen molar-refractivity contribution in [1.82, 2.24) is 14.7 Å². The summed E-state index contributed by atoms with van der Waals surface area (Å²) in [6, 6.07) is 7.15. The predicted octanol–water partition coefficient (Wildman–Crippen LogP) is 2.36. The van der Waals surface area contributed by atoms with Gasteiger partial charge in [0, 0.05) is 32.2 Å². The number of likely N-dealkylation sites (tertiary alicyclic amines) is 1. The minimum atomic E-state index is -0.164. The van der Waals surface area contributed by atoms with Crippen LogP contribution in [0.1, 0.15) is 30.0 Å². The Hall–Kier alpha value is -2.25. The van der Waals surface area contributed by atoms with E-state index in [0.717, 1.165) is 50.3 Å². The highest BCUT2D eigenvalue weighted by Crippen LogP contribution is 2.22. The predicted molar refractivity (Wildman–Crippen MR) is 106 cm³/mol. The lowest BCUT2D eigenvalue weighted by Crippen LogP contribution is -2.41. The molecule has 2 aromatic rings. The van der Waals surface area contributed by atoms with Gasteiger partial charge in [0.25, 0.3) is 5.56 Å². The van der Waals surface area contributed by atoms with E-state index in [1.807, 2.05) is 12.1 Å². The quantitative estimate of drug-likeness (QED) is 0.808. The van der Waals surface area contributed by atoms with E-state index < -0.39 is 0 Å². The highest BCUT2D eigenvalue weighted by atomic mass is 19.1. The minimum Gasteiger partial charge on any atom is -0.378 e. The Labute approximate surface area is 164 Å². The second-order valence-electron chi connectivity index (χ2n) is 7.71. The fraction of sp³-hybridized carbons (Fsp3) is 0.524. The van der Waals surface area contributed by atoms with E-state index in [0.29, 0.717) is 25.3 Å². The van der Waals surface area contributed by atoms with Gasteiger partial charge in [0.1, 0.15) is 5.82 Å². The molecule has 7 heteroatoms. The van der Waals surface area contributed by atoms with Crippen LogP contribution in [0.3, 0.4) is 0 Å². The molecule has 150 valence electrons. The molecule has 2 fully saturated rings. The highest BCUT2D eigenvalue weighted by Gasteiger charge is 2.24. The maximum absolute atomic E-state index is 13.8. The molecule has 2 aliphatic heterocycles. The number of anilines is 1. The molecule has 0 N–H and O–H groups in total. The van der Waals surface area contributed by atoms with Crippen LogP contribution in [0, 0.1) is 12.7 Å². The molecule has 0 radical (unpaired) electrons. The van der Waals surface area contributed by atoms with Crippen LogP contribution in [0.15, 0.2) is 35.3 Å². The lowest BCUT2D eigenvalue weighted by atomic mass is 10.0. The van der Waals surface area contributed by atoms with Crippen molar-refractivity contribution in [2.24, 2.45) is 0 Å². The number of rotatable bonds is 4. The number of nitrogens with zero attached hydrogens (tertiary/aromatic N) is 4. The molecule has 1 aromatic carbocycles. The first-order valence-electron chi connectivity index (χ1n) is 9.99. The molecule has 6 nitrogen and oxygen atoms in total. The third-order valence-electron chi connectivity index (χ3n) is 5.66. The van der Waals surface area contributed by atoms with Gasteiger partial charge in [-0.25, -0.2) is 9.07 Å². The molecule has 0 spiro atoms. The topological polar surface area (TPSA) is 50.6 Å². The third-order valence-corrected chi connectivity index (χ3v) is 5.66. The van der Waals surface area contributed by atoms with Crippen molar-refractivity contribution in [1.29, 1.82) is 0 Å². The summed E-state index contributed by atoms with van der Waals surface area (Å²) in [6.45, 7) is 7.10. The number of ether oxygens (including phenoxy) is 1. The van der Waals surface area contributed by atoms with Gasteiger partial charge in [0.05, 0.1) is 31.1 Å². The fourth-order valence-electron chi connectivity index (χ4n) is 4.04. The van der Waals surface area contributed by atoms with Crippen LogP contribution >= 0.6 is 0 Å². The Morgan fingerprint density at radius 2 is 2.04 bits per heavy atom. The fourth-order valence-corrected chi connectivity index (χ4v) is 4.04. The summed E-state index contributed by atoms with van der Waals surface area (Å²) in [6.07, 6.45) is 3.72. The Bertz CT molecular complexity index is 879. The molecule has 0 amide bonds. The average molecular weight is 386 g/mol. The zero-order valence-electron chi connectivity index (χ0n) is 16.3. The minimum absolute atomic E-state index is 0.0512. The molecule has 2 saturated heterocycles. The number of hydrogen-bond donors (Lipinski definition) is 0. The molecule has 3 heterocycles. The molecule has 0 aliphatic carbocycles. The number of benzene rings is 1. The molecule has 4 rings (SSSR count). The van der Waals surface area contributed by atoms with Crippen LogP contribution in [0.2, 0.25) is 0 Å². The van der Waals surface area contributed by atoms with Crippen LogP contribution in [-0.2, 0) is 11.3 Å². The Morgan fingerprint density at radius 3 is 2.79 bits per heavy atom. The van der Waals surface area contributed by atoms with E-state index in [2.05, 4.69) is 14.9 Å². The van der Waals surface area contributed by atoms with Crippen LogP contribution in [-0.4, -0.2) is 54.1 Å². The first-order valence-corrected chi connectivity index (χ1v) is 9.99. The summed E-state index contributed by atoms with van der Waals surface area (Å²) in [5.74, 6) is -0.164. The highest BCUT2D eigenvalue weighted by molar-refractivity contribution is 5.43. The first-order chi connectivity index (χ1) is 13.6. The molecule has 0 saturated carbocycles. The number of aromatic nitrogens is 2. The number of aryl methyl sites for hydroxylation is 1. The summed E-state index contributed by atoms with van der Waals surface area (Å²) < 4.78 is 20.8. The Kier molecular flexibility index (Phi) is 5.73. The van der Waals surface area contributed by atoms with Gasteiger partial charge < -0.3 is 9.64 Å². The van der Waals surface area contributed by atoms with Gasteiger partial charge in [0.15, 0.2) is 0 Å². The zero-order valence-corrected chi connectivity index (χ0v) is 16.3. The summed E-state index contributed by atoms with van der Waals surface area (Å²) in [5.41, 5.74) is 2.44. The van der Waals surface area contributed by atoms with Crippen molar-refractivity contribution in [3.8, 4) is 0 Å². The van der Waals surface area contributed by atoms with E-state index >= 15 is 0 Å². The number of piperidine rings is 1. The summed E-state index contributed by atoms with van der Waals surface area (Å²) in [7, 11) is 0. The number of halogens is 1. The van der Waals surface area contributed by atoms with Crippen molar-refractivity contribution in [2.75, 3.05) is 44.3 Å². The molecule has 1 atom stereocenters. The largest absolute Gasteiger partial charge is 0.378 e. The van der Waals surface area contributed by atoms with Crippen molar-refractivity contribution < 1.29 is 9.13 Å². The summed E-state index contributed by atoms with van der Waals surface area (Å²) in [5, 5.41) is 4.48. The molecule has 0 bridgehead atoms. The van der Waals surface area contributed by atoms with E-state index in [1.54, 1.807) is 29.9 Å². The summed E-state index contributed by atoms with van der Waals surface area (Å²) in [4.78, 5) is 17.1. The smallest absolute Gasteiger partial charge is 0.269 e. The van der Waals surface area contributed by atoms with E-state index in [1.165, 1.54) is 0 Å². The van der Waals surface area contributed by atoms with Gasteiger partial charge in [-0.2, -0.15) is 5.10 Å². The maximum Gasteiger partial charge on any atom is 0.269 e. The van der Waals surface area contributed by atoms with Gasteiger partial charge in [-0.1, -0.05) is 12.1 Å². The monoisotopic (exact) mass is 386 g/mol. The molecule has 2 aliphatic rings. The van der Waals surface area contributed by atoms with Crippen LogP contribution in [0.25, 0.3) is 0 Å². The summed E-state index contributed by atoms with van der Waals surface area (Å²) >= 11 is 0. The first kappa shape index (κ1) is 19.1. The Balaban J connectivity index is 1.45. The second-order valence-corrected chi connectivity index (χ2v) is 7.71. The second kappa shape index (κ2) is 8.41. The van der Waals surface area contributed by atoms with E-state index in [4.69, 9.17) is 4.74 Å². The number of morpholine rings is 1. The number of hydrogen-bond acceptors (Lipinski definition) is 5. The normalized spacial score (nSPS) is 21.1. The molecular weight excluding hydrogens is 359 g/mol. The molecule has 28 heavy (non-hydrogen) atoms. The lowest BCUT2D eigenvalue weighted by molar-refractivity contribution is 0.122. The molecule has 1 unspecified atom stereocenters. The van der Waals surface area contributed by atoms with Crippen molar-refractivity contribution >= 4 is 5.69 Å². The van der Waals surface area contributed by atoms with Gasteiger partial charge in [-0.15, -0.1) is 0 Å². The Morgan fingerprint density at radius 1 is 1.21 bits per heavy atom. The molecular formula is C21H27FN4O2. The lowest BCUT2D eigenvalue weighted by Gasteiger charge is -2.33. The van der Waals surface area contributed by atoms with Gasteiger partial charge in [-0.05, 0) is 43.5 Å². The standard InChI is InChI=1S/C21H27FN4O2/c1-16-4-5-17(11-20(16)22)14-24-6-2-3-18(15-24)26-21(27)12-19(13-23-26)25-7-9-28-10-8-25/h4-5,11-13,18H,2-3,6-10,14-15H2,1H3. The van der Waals surface area contributed by atoms with Gasteiger partial charge >= 0.3 is 0 Å². The third kappa shape index (κ3) is 4.25. The van der Waals surface area contributed by atoms with E-state index in [-0.39, 0.29) is 17.4 Å².